The lowest BCUT2D eigenvalue weighted by atomic mass is 10.2. The van der Waals surface area contributed by atoms with Gasteiger partial charge < -0.3 is 5.32 Å². The van der Waals surface area contributed by atoms with Crippen molar-refractivity contribution in [2.75, 3.05) is 18.2 Å². The number of rotatable bonds is 6. The number of pyridine rings is 1. The van der Waals surface area contributed by atoms with Gasteiger partial charge in [0.25, 0.3) is 0 Å². The third-order valence-electron chi connectivity index (χ3n) is 3.43. The van der Waals surface area contributed by atoms with Gasteiger partial charge in [-0.25, -0.2) is 4.98 Å². The Kier molecular flexibility index (Phi) is 5.42. The van der Waals surface area contributed by atoms with Crippen LogP contribution in [0.3, 0.4) is 0 Å². The van der Waals surface area contributed by atoms with Gasteiger partial charge in [0.2, 0.25) is 5.91 Å². The highest BCUT2D eigenvalue weighted by atomic mass is 32.2. The van der Waals surface area contributed by atoms with Crippen molar-refractivity contribution in [3.63, 3.8) is 0 Å². The highest BCUT2D eigenvalue weighted by molar-refractivity contribution is 7.99. The van der Waals surface area contributed by atoms with Crippen molar-refractivity contribution in [3.05, 3.63) is 34.9 Å². The fourth-order valence-electron chi connectivity index (χ4n) is 2.22. The van der Waals surface area contributed by atoms with Crippen molar-refractivity contribution in [2.24, 2.45) is 0 Å². The first-order valence-corrected chi connectivity index (χ1v) is 9.30. The molecule has 1 amide bonds. The quantitative estimate of drug-likeness (QED) is 0.790. The van der Waals surface area contributed by atoms with E-state index in [-0.39, 0.29) is 11.9 Å². The van der Waals surface area contributed by atoms with Crippen LogP contribution in [0.5, 0.6) is 0 Å². The standard InChI is InChI=1S/C15H18N4OS2/c20-15(13-8-21-10-18-13)17-5-1-2-14-19-12(9-22-14)11-3-6-16-7-4-11/h3-4,6-7,9,13,18H,1-2,5,8,10H2,(H,17,20). The van der Waals surface area contributed by atoms with Crippen molar-refractivity contribution in [2.45, 2.75) is 18.9 Å². The molecule has 5 nitrogen and oxygen atoms in total. The second kappa shape index (κ2) is 7.71. The van der Waals surface area contributed by atoms with Gasteiger partial charge in [0.05, 0.1) is 16.7 Å². The first-order chi connectivity index (χ1) is 10.8. The van der Waals surface area contributed by atoms with E-state index >= 15 is 0 Å². The van der Waals surface area contributed by atoms with Gasteiger partial charge in [0.15, 0.2) is 0 Å². The Morgan fingerprint density at radius 3 is 3.05 bits per heavy atom. The first kappa shape index (κ1) is 15.5. The Labute approximate surface area is 138 Å². The van der Waals surface area contributed by atoms with Crippen LogP contribution in [0, 0.1) is 0 Å². The molecule has 3 rings (SSSR count). The summed E-state index contributed by atoms with van der Waals surface area (Å²) in [6.07, 6.45) is 5.36. The predicted molar refractivity (Wildman–Crippen MR) is 90.9 cm³/mol. The fraction of sp³-hybridized carbons (Fsp3) is 0.400. The topological polar surface area (TPSA) is 66.9 Å². The second-order valence-corrected chi connectivity index (χ2v) is 7.00. The van der Waals surface area contributed by atoms with Crippen LogP contribution < -0.4 is 10.6 Å². The summed E-state index contributed by atoms with van der Waals surface area (Å²) in [6.45, 7) is 0.700. The number of thioether (sulfide) groups is 1. The minimum absolute atomic E-state index is 0.0249. The molecule has 1 unspecified atom stereocenters. The summed E-state index contributed by atoms with van der Waals surface area (Å²) >= 11 is 3.43. The van der Waals surface area contributed by atoms with E-state index in [4.69, 9.17) is 0 Å². The molecule has 2 aromatic rings. The third-order valence-corrected chi connectivity index (χ3v) is 5.28. The average Bonchev–Trinajstić information content (AvgIpc) is 3.24. The number of carbonyl (C=O) groups is 1. The Bertz CT molecular complexity index is 611. The monoisotopic (exact) mass is 334 g/mol. The van der Waals surface area contributed by atoms with Gasteiger partial charge in [-0.05, 0) is 18.6 Å². The third kappa shape index (κ3) is 4.06. The molecule has 1 aliphatic heterocycles. The summed E-state index contributed by atoms with van der Waals surface area (Å²) in [5, 5.41) is 9.34. The highest BCUT2D eigenvalue weighted by Crippen LogP contribution is 2.21. The van der Waals surface area contributed by atoms with E-state index in [1.807, 2.05) is 12.1 Å². The maximum atomic E-state index is 11.8. The van der Waals surface area contributed by atoms with Crippen LogP contribution in [0.15, 0.2) is 29.9 Å². The van der Waals surface area contributed by atoms with Crippen LogP contribution in [0.4, 0.5) is 0 Å². The molecule has 0 radical (unpaired) electrons. The molecular formula is C15H18N4OS2. The average molecular weight is 334 g/mol. The van der Waals surface area contributed by atoms with E-state index in [1.165, 1.54) is 0 Å². The molecule has 1 aliphatic rings. The first-order valence-electron chi connectivity index (χ1n) is 7.26. The summed E-state index contributed by atoms with van der Waals surface area (Å²) < 4.78 is 0. The number of amides is 1. The molecule has 7 heteroatoms. The number of hydrogen-bond donors (Lipinski definition) is 2. The molecule has 0 aromatic carbocycles. The van der Waals surface area contributed by atoms with Crippen LogP contribution in [0.2, 0.25) is 0 Å². The van der Waals surface area contributed by atoms with E-state index in [0.29, 0.717) is 6.54 Å². The number of thiazole rings is 1. The van der Waals surface area contributed by atoms with Crippen LogP contribution in [-0.2, 0) is 11.2 Å². The maximum Gasteiger partial charge on any atom is 0.238 e. The van der Waals surface area contributed by atoms with Crippen molar-refractivity contribution in [1.29, 1.82) is 0 Å². The molecule has 22 heavy (non-hydrogen) atoms. The number of nitrogens with zero attached hydrogens (tertiary/aromatic N) is 2. The molecule has 0 saturated carbocycles. The number of aryl methyl sites for hydroxylation is 1. The van der Waals surface area contributed by atoms with Crippen LogP contribution in [0.25, 0.3) is 11.3 Å². The maximum absolute atomic E-state index is 11.8. The zero-order valence-corrected chi connectivity index (χ0v) is 13.8. The number of hydrogen-bond acceptors (Lipinski definition) is 6. The van der Waals surface area contributed by atoms with Crippen molar-refractivity contribution in [1.82, 2.24) is 20.6 Å². The molecule has 1 atom stereocenters. The molecule has 2 N–H and O–H groups in total. The zero-order valence-electron chi connectivity index (χ0n) is 12.1. The molecule has 1 fully saturated rings. The van der Waals surface area contributed by atoms with E-state index in [9.17, 15) is 4.79 Å². The van der Waals surface area contributed by atoms with Crippen molar-refractivity contribution in [3.8, 4) is 11.3 Å². The minimum atomic E-state index is -0.0249. The highest BCUT2D eigenvalue weighted by Gasteiger charge is 2.21. The predicted octanol–water partition coefficient (Wildman–Crippen LogP) is 1.92. The molecule has 2 aromatic heterocycles. The van der Waals surface area contributed by atoms with Crippen molar-refractivity contribution >= 4 is 29.0 Å². The number of nitrogens with one attached hydrogen (secondary N) is 2. The molecule has 0 spiro atoms. The van der Waals surface area contributed by atoms with E-state index in [2.05, 4.69) is 26.0 Å². The van der Waals surface area contributed by atoms with Crippen LogP contribution >= 0.6 is 23.1 Å². The summed E-state index contributed by atoms with van der Waals surface area (Å²) in [7, 11) is 0. The second-order valence-electron chi connectivity index (χ2n) is 5.03. The van der Waals surface area contributed by atoms with E-state index in [0.717, 1.165) is 40.7 Å². The Balaban J connectivity index is 1.42. The molecule has 0 aliphatic carbocycles. The lowest BCUT2D eigenvalue weighted by molar-refractivity contribution is -0.122. The van der Waals surface area contributed by atoms with Gasteiger partial charge >= 0.3 is 0 Å². The summed E-state index contributed by atoms with van der Waals surface area (Å²) in [6, 6.07) is 3.90. The van der Waals surface area contributed by atoms with Crippen LogP contribution in [0.1, 0.15) is 11.4 Å². The largest absolute Gasteiger partial charge is 0.355 e. The zero-order chi connectivity index (χ0) is 15.2. The SMILES string of the molecule is O=C(NCCCc1nc(-c2ccncc2)cs1)C1CSCN1. The molecule has 0 bridgehead atoms. The summed E-state index contributed by atoms with van der Waals surface area (Å²) in [5.74, 6) is 1.85. The van der Waals surface area contributed by atoms with Gasteiger partial charge in [0.1, 0.15) is 0 Å². The molecule has 1 saturated heterocycles. The van der Waals surface area contributed by atoms with Gasteiger partial charge in [-0.3, -0.25) is 15.1 Å². The van der Waals surface area contributed by atoms with Gasteiger partial charge in [0, 0.05) is 47.9 Å². The summed E-state index contributed by atoms with van der Waals surface area (Å²) in [5.41, 5.74) is 2.09. The Hall–Kier alpha value is -1.44. The van der Waals surface area contributed by atoms with Crippen molar-refractivity contribution < 1.29 is 4.79 Å². The van der Waals surface area contributed by atoms with E-state index < -0.39 is 0 Å². The molecular weight excluding hydrogens is 316 g/mol. The molecule has 116 valence electrons. The Morgan fingerprint density at radius 2 is 2.27 bits per heavy atom. The minimum Gasteiger partial charge on any atom is -0.355 e. The molecule has 3 heterocycles. The summed E-state index contributed by atoms with van der Waals surface area (Å²) in [4.78, 5) is 20.5. The van der Waals surface area contributed by atoms with E-state index in [1.54, 1.807) is 35.5 Å². The lowest BCUT2D eigenvalue weighted by Crippen LogP contribution is -2.42. The van der Waals surface area contributed by atoms with Gasteiger partial charge in [-0.15, -0.1) is 23.1 Å². The van der Waals surface area contributed by atoms with Gasteiger partial charge in [-0.2, -0.15) is 0 Å². The lowest BCUT2D eigenvalue weighted by Gasteiger charge is -2.09. The van der Waals surface area contributed by atoms with Gasteiger partial charge in [-0.1, -0.05) is 0 Å². The fourth-order valence-corrected chi connectivity index (χ4v) is 4.01. The van der Waals surface area contributed by atoms with Crippen LogP contribution in [-0.4, -0.2) is 40.1 Å². The number of carbonyl (C=O) groups excluding carboxylic acids is 1. The Morgan fingerprint density at radius 1 is 1.41 bits per heavy atom. The normalized spacial score (nSPS) is 17.5. The number of aromatic nitrogens is 2. The smallest absolute Gasteiger partial charge is 0.238 e.